The Morgan fingerprint density at radius 2 is 1.04 bits per heavy atom. The zero-order valence-electron chi connectivity index (χ0n) is 40.4. The number of hydrogen-bond donors (Lipinski definition) is 8. The van der Waals surface area contributed by atoms with E-state index in [1.807, 2.05) is 42.5 Å². The van der Waals surface area contributed by atoms with Crippen molar-refractivity contribution in [3.8, 4) is 0 Å². The second-order valence-corrected chi connectivity index (χ2v) is 19.6. The molecule has 0 aromatic rings. The molecular formula is C49H84O17P2. The van der Waals surface area contributed by atoms with Crippen LogP contribution in [0.15, 0.2) is 72.9 Å². The highest BCUT2D eigenvalue weighted by Crippen LogP contribution is 2.49. The van der Waals surface area contributed by atoms with Crippen LogP contribution in [-0.2, 0) is 41.8 Å². The maximum atomic E-state index is 13.0. The van der Waals surface area contributed by atoms with Crippen LogP contribution in [0.25, 0.3) is 0 Å². The summed E-state index contributed by atoms with van der Waals surface area (Å²) in [7, 11) is -10.7. The summed E-state index contributed by atoms with van der Waals surface area (Å²) in [6.07, 6.45) is 28.9. The molecule has 0 aromatic heterocycles. The van der Waals surface area contributed by atoms with Crippen molar-refractivity contribution < 1.29 is 82.0 Å². The average Bonchev–Trinajstić information content (AvgIpc) is 3.29. The van der Waals surface area contributed by atoms with Crippen molar-refractivity contribution in [3.63, 3.8) is 0 Å². The van der Waals surface area contributed by atoms with Gasteiger partial charge in [-0.15, -0.1) is 0 Å². The van der Waals surface area contributed by atoms with E-state index in [1.54, 1.807) is 6.08 Å². The molecule has 0 heterocycles. The van der Waals surface area contributed by atoms with E-state index in [2.05, 4.69) is 42.7 Å². The molecule has 392 valence electrons. The van der Waals surface area contributed by atoms with Crippen LogP contribution in [0.2, 0.25) is 0 Å². The molecule has 1 saturated carbocycles. The summed E-state index contributed by atoms with van der Waals surface area (Å²) in [5.41, 5.74) is 0. The van der Waals surface area contributed by atoms with Gasteiger partial charge in [0.25, 0.3) is 0 Å². The summed E-state index contributed by atoms with van der Waals surface area (Å²) >= 11 is 0. The fourth-order valence-electron chi connectivity index (χ4n) is 6.98. The van der Waals surface area contributed by atoms with Crippen LogP contribution in [0.4, 0.5) is 0 Å². The number of phosphoric acid groups is 2. The van der Waals surface area contributed by atoms with Gasteiger partial charge in [0, 0.05) is 12.8 Å². The fourth-order valence-corrected chi connectivity index (χ4v) is 8.52. The van der Waals surface area contributed by atoms with Gasteiger partial charge in [-0.3, -0.25) is 23.2 Å². The number of phosphoric ester groups is 2. The lowest BCUT2D eigenvalue weighted by Crippen LogP contribution is -2.64. The number of aliphatic hydroxyl groups excluding tert-OH is 5. The highest BCUT2D eigenvalue weighted by molar-refractivity contribution is 7.47. The molecule has 1 aliphatic rings. The Labute approximate surface area is 404 Å². The molecule has 5 unspecified atom stereocenters. The number of allylic oxidation sites excluding steroid dienone is 11. The van der Waals surface area contributed by atoms with E-state index >= 15 is 0 Å². The standard InChI is InChI=1S/C49H84O17P2/c1-3-5-7-8-9-10-11-12-13-14-15-16-19-22-25-28-32-36-42(51)62-38-41(39-63-68(60,61)66-49-46(55)44(53)45(54)48(47(49)56)65-67(57,58)59)64-43(52)37-33-29-26-23-20-17-18-21-24-27-31-35-40(50)34-30-6-4-2/h9-10,12-13,17-18,23-24,26-27,31,35,40-41,44-50,53-56H,3-8,11,14-16,19-22,25,28-30,32-34,36-39H2,1-2H3,(H,60,61)(H2,57,58,59)/b10-9-,13-12-,18-17-,26-23-,27-24-,35-31+/t40-,41+,44?,45?,46?,47?,48+,49-/m0/s1. The summed E-state index contributed by atoms with van der Waals surface area (Å²) in [5, 5.41) is 51.2. The van der Waals surface area contributed by atoms with E-state index in [1.165, 1.54) is 19.3 Å². The average molecular weight is 1010 g/mol. The number of hydrogen-bond acceptors (Lipinski definition) is 14. The van der Waals surface area contributed by atoms with Gasteiger partial charge in [0.05, 0.1) is 12.7 Å². The van der Waals surface area contributed by atoms with E-state index in [-0.39, 0.29) is 12.8 Å². The van der Waals surface area contributed by atoms with E-state index in [0.717, 1.165) is 89.9 Å². The molecule has 1 rings (SSSR count). The zero-order chi connectivity index (χ0) is 50.5. The minimum absolute atomic E-state index is 0.0568. The molecule has 1 fully saturated rings. The topological polar surface area (TPSA) is 276 Å². The van der Waals surface area contributed by atoms with Crippen molar-refractivity contribution in [3.05, 3.63) is 72.9 Å². The first-order valence-corrected chi connectivity index (χ1v) is 27.6. The van der Waals surface area contributed by atoms with Gasteiger partial charge in [0.15, 0.2) is 6.10 Å². The van der Waals surface area contributed by atoms with Crippen LogP contribution < -0.4 is 0 Å². The Kier molecular flexibility index (Phi) is 36.4. The molecule has 0 radical (unpaired) electrons. The molecule has 68 heavy (non-hydrogen) atoms. The van der Waals surface area contributed by atoms with Gasteiger partial charge in [0.1, 0.15) is 43.2 Å². The number of esters is 2. The SMILES string of the molecule is CCCCC/C=C\C/C=C\CCCCCCCCCC(=O)OC[C@H](COP(=O)(O)O[C@H]1C(O)C(O)C(O)[C@@H](OP(=O)(O)O)C1O)OC(=O)CCC/C=C\C/C=C\C/C=C\C=C\[C@@H](O)CCCCC. The first-order valence-electron chi connectivity index (χ1n) is 24.6. The highest BCUT2D eigenvalue weighted by Gasteiger charge is 2.54. The summed E-state index contributed by atoms with van der Waals surface area (Å²) in [6.45, 7) is 2.91. The maximum absolute atomic E-state index is 13.0. The molecular weight excluding hydrogens is 922 g/mol. The number of rotatable bonds is 40. The second kappa shape index (κ2) is 39.1. The van der Waals surface area contributed by atoms with Gasteiger partial charge in [-0.2, -0.15) is 0 Å². The number of ether oxygens (including phenoxy) is 2. The third kappa shape index (κ3) is 33.1. The quantitative estimate of drug-likeness (QED) is 0.00938. The Balaban J connectivity index is 2.64. The first-order chi connectivity index (χ1) is 32.5. The van der Waals surface area contributed by atoms with Crippen molar-refractivity contribution in [1.29, 1.82) is 0 Å². The molecule has 0 saturated heterocycles. The number of carbonyl (C=O) groups is 2. The van der Waals surface area contributed by atoms with Crippen LogP contribution in [0, 0.1) is 0 Å². The smallest absolute Gasteiger partial charge is 0.462 e. The van der Waals surface area contributed by atoms with Crippen LogP contribution in [0.3, 0.4) is 0 Å². The molecule has 9 atom stereocenters. The molecule has 0 aliphatic heterocycles. The van der Waals surface area contributed by atoms with Crippen LogP contribution in [-0.4, -0.2) is 114 Å². The van der Waals surface area contributed by atoms with Gasteiger partial charge >= 0.3 is 27.6 Å². The van der Waals surface area contributed by atoms with Gasteiger partial charge in [-0.1, -0.05) is 151 Å². The van der Waals surface area contributed by atoms with Crippen LogP contribution >= 0.6 is 15.6 Å². The normalized spacial score (nSPS) is 22.3. The molecule has 0 amide bonds. The largest absolute Gasteiger partial charge is 0.472 e. The monoisotopic (exact) mass is 1010 g/mol. The van der Waals surface area contributed by atoms with Crippen molar-refractivity contribution in [1.82, 2.24) is 0 Å². The van der Waals surface area contributed by atoms with E-state index < -0.39 is 89.6 Å². The zero-order valence-corrected chi connectivity index (χ0v) is 42.2. The summed E-state index contributed by atoms with van der Waals surface area (Å²) in [4.78, 5) is 54.3. The van der Waals surface area contributed by atoms with Gasteiger partial charge in [-0.05, 0) is 70.6 Å². The molecule has 0 aromatic carbocycles. The third-order valence-corrected chi connectivity index (χ3v) is 12.4. The number of aliphatic hydroxyl groups is 5. The third-order valence-electron chi connectivity index (χ3n) is 10.9. The molecule has 17 nitrogen and oxygen atoms in total. The first kappa shape index (κ1) is 63.4. The lowest BCUT2D eigenvalue weighted by Gasteiger charge is -2.43. The molecule has 8 N–H and O–H groups in total. The predicted molar refractivity (Wildman–Crippen MR) is 261 cm³/mol. The molecule has 1 aliphatic carbocycles. The highest BCUT2D eigenvalue weighted by atomic mass is 31.2. The van der Waals surface area contributed by atoms with E-state index in [9.17, 15) is 58.9 Å². The Morgan fingerprint density at radius 3 is 1.65 bits per heavy atom. The Morgan fingerprint density at radius 1 is 0.544 bits per heavy atom. The van der Waals surface area contributed by atoms with E-state index in [4.69, 9.17) is 18.5 Å². The second-order valence-electron chi connectivity index (χ2n) is 17.0. The number of carbonyl (C=O) groups excluding carboxylic acids is 2. The van der Waals surface area contributed by atoms with E-state index in [0.29, 0.717) is 25.7 Å². The van der Waals surface area contributed by atoms with Crippen molar-refractivity contribution in [2.75, 3.05) is 13.2 Å². The van der Waals surface area contributed by atoms with Crippen molar-refractivity contribution in [2.24, 2.45) is 0 Å². The Bertz CT molecular complexity index is 1610. The summed E-state index contributed by atoms with van der Waals surface area (Å²) < 4.78 is 49.3. The van der Waals surface area contributed by atoms with Gasteiger partial charge < -0.3 is 49.7 Å². The van der Waals surface area contributed by atoms with Crippen molar-refractivity contribution in [2.45, 2.75) is 210 Å². The van der Waals surface area contributed by atoms with Gasteiger partial charge in [-0.25, -0.2) is 9.13 Å². The van der Waals surface area contributed by atoms with Crippen LogP contribution in [0.5, 0.6) is 0 Å². The minimum atomic E-state index is -5.38. The predicted octanol–water partition coefficient (Wildman–Crippen LogP) is 8.59. The van der Waals surface area contributed by atoms with Crippen molar-refractivity contribution >= 4 is 27.6 Å². The summed E-state index contributed by atoms with van der Waals surface area (Å²) in [6, 6.07) is 0. The lowest BCUT2D eigenvalue weighted by atomic mass is 9.85. The number of unbranched alkanes of at least 4 members (excludes halogenated alkanes) is 13. The van der Waals surface area contributed by atoms with Gasteiger partial charge in [0.2, 0.25) is 0 Å². The van der Waals surface area contributed by atoms with Crippen LogP contribution in [0.1, 0.15) is 162 Å². The molecule has 0 bridgehead atoms. The fraction of sp³-hybridized carbons (Fsp3) is 0.714. The molecule has 19 heteroatoms. The molecule has 0 spiro atoms. The lowest BCUT2D eigenvalue weighted by molar-refractivity contribution is -0.216. The Hall–Kier alpha value is -2.60. The minimum Gasteiger partial charge on any atom is -0.462 e. The maximum Gasteiger partial charge on any atom is 0.472 e. The summed E-state index contributed by atoms with van der Waals surface area (Å²) in [5.74, 6) is -1.31.